The van der Waals surface area contributed by atoms with Gasteiger partial charge < -0.3 is 7.43 Å². The molecule has 0 amide bonds. The second-order valence-electron chi connectivity index (χ2n) is 2.86. The zero-order valence-corrected chi connectivity index (χ0v) is 10.3. The maximum absolute atomic E-state index is 2.17. The van der Waals surface area contributed by atoms with Gasteiger partial charge in [0.25, 0.3) is 0 Å². The maximum Gasteiger partial charge on any atom is 1.00 e. The van der Waals surface area contributed by atoms with Gasteiger partial charge in [0.2, 0.25) is 0 Å². The molecule has 0 N–H and O–H groups in total. The maximum atomic E-state index is 2.17. The monoisotopic (exact) mass is 208 g/mol. The summed E-state index contributed by atoms with van der Waals surface area (Å²) in [6, 6.07) is 21.2. The number of benzene rings is 2. The number of hydrogen-bond acceptors (Lipinski definition) is 0. The Morgan fingerprint density at radius 2 is 0.933 bits per heavy atom. The standard InChI is InChI=1S/C12H11P.CH3.Li/c1-3-7-11(8-4-1)13-12-9-5-2-6-10-12;;/h1-10,13H;1H3;/q;-1;+1. The van der Waals surface area contributed by atoms with Crippen LogP contribution in [0.1, 0.15) is 0 Å². The van der Waals surface area contributed by atoms with Crippen molar-refractivity contribution in [3.63, 3.8) is 0 Å². The van der Waals surface area contributed by atoms with Crippen LogP contribution in [0.5, 0.6) is 0 Å². The average molecular weight is 208 g/mol. The molecule has 0 aliphatic rings. The minimum atomic E-state index is 0. The van der Waals surface area contributed by atoms with Gasteiger partial charge in [-0.3, -0.25) is 0 Å². The first kappa shape index (κ1) is 14.5. The van der Waals surface area contributed by atoms with Crippen molar-refractivity contribution in [3.8, 4) is 0 Å². The molecular formula is C13H14LiP. The van der Waals surface area contributed by atoms with E-state index >= 15 is 0 Å². The molecule has 0 fully saturated rings. The van der Waals surface area contributed by atoms with E-state index in [1.807, 2.05) is 0 Å². The van der Waals surface area contributed by atoms with Gasteiger partial charge in [-0.15, -0.1) is 0 Å². The van der Waals surface area contributed by atoms with Crippen LogP contribution >= 0.6 is 8.58 Å². The second-order valence-corrected chi connectivity index (χ2v) is 4.26. The Bertz CT molecular complexity index is 321. The van der Waals surface area contributed by atoms with Gasteiger partial charge in [0.15, 0.2) is 0 Å². The molecule has 0 saturated heterocycles. The normalized spacial score (nSPS) is 8.53. The summed E-state index contributed by atoms with van der Waals surface area (Å²) >= 11 is 0. The van der Waals surface area contributed by atoms with Crippen LogP contribution in [0.15, 0.2) is 60.7 Å². The van der Waals surface area contributed by atoms with Crippen LogP contribution in [0.3, 0.4) is 0 Å². The molecule has 2 aromatic carbocycles. The Kier molecular flexibility index (Phi) is 7.45. The fourth-order valence-corrected chi connectivity index (χ4v) is 2.26. The van der Waals surface area contributed by atoms with Crippen molar-refractivity contribution in [2.45, 2.75) is 0 Å². The number of rotatable bonds is 2. The summed E-state index contributed by atoms with van der Waals surface area (Å²) in [6.07, 6.45) is 0. The van der Waals surface area contributed by atoms with Crippen LogP contribution in [0, 0.1) is 7.43 Å². The van der Waals surface area contributed by atoms with Crippen LogP contribution in [-0.4, -0.2) is 0 Å². The molecular weight excluding hydrogens is 194 g/mol. The first-order valence-electron chi connectivity index (χ1n) is 4.32. The minimum Gasteiger partial charge on any atom is -0.358 e. The molecule has 0 unspecified atom stereocenters. The zero-order chi connectivity index (χ0) is 8.93. The van der Waals surface area contributed by atoms with Crippen LogP contribution in [0.25, 0.3) is 0 Å². The Hall–Kier alpha value is -0.533. The van der Waals surface area contributed by atoms with Crippen molar-refractivity contribution in [2.75, 3.05) is 0 Å². The van der Waals surface area contributed by atoms with Gasteiger partial charge >= 0.3 is 18.9 Å². The van der Waals surface area contributed by atoms with E-state index in [4.69, 9.17) is 0 Å². The van der Waals surface area contributed by atoms with E-state index in [0.717, 1.165) is 8.58 Å². The van der Waals surface area contributed by atoms with Crippen LogP contribution < -0.4 is 29.5 Å². The Labute approximate surface area is 106 Å². The molecule has 0 atom stereocenters. The SMILES string of the molecule is [CH3-].[Li+].c1ccc(Pc2ccccc2)cc1. The van der Waals surface area contributed by atoms with Gasteiger partial charge in [-0.1, -0.05) is 69.2 Å². The predicted molar refractivity (Wildman–Crippen MR) is 66.9 cm³/mol. The topological polar surface area (TPSA) is 0 Å². The molecule has 0 aliphatic heterocycles. The summed E-state index contributed by atoms with van der Waals surface area (Å²) in [7, 11) is 0.777. The van der Waals surface area contributed by atoms with Gasteiger partial charge in [0, 0.05) is 0 Å². The molecule has 72 valence electrons. The van der Waals surface area contributed by atoms with Crippen molar-refractivity contribution in [1.82, 2.24) is 0 Å². The van der Waals surface area contributed by atoms with E-state index in [9.17, 15) is 0 Å². The average Bonchev–Trinajstić information content (AvgIpc) is 2.21. The molecule has 2 rings (SSSR count). The van der Waals surface area contributed by atoms with Gasteiger partial charge in [-0.25, -0.2) is 0 Å². The third-order valence-corrected chi connectivity index (χ3v) is 3.08. The molecule has 0 nitrogen and oxygen atoms in total. The van der Waals surface area contributed by atoms with Crippen LogP contribution in [-0.2, 0) is 0 Å². The van der Waals surface area contributed by atoms with E-state index in [0.29, 0.717) is 0 Å². The zero-order valence-electron chi connectivity index (χ0n) is 9.27. The van der Waals surface area contributed by atoms with Crippen molar-refractivity contribution in [2.24, 2.45) is 0 Å². The minimum absolute atomic E-state index is 0. The quantitative estimate of drug-likeness (QED) is 0.363. The molecule has 0 spiro atoms. The van der Waals surface area contributed by atoms with E-state index in [-0.39, 0.29) is 26.3 Å². The Morgan fingerprint density at radius 3 is 1.27 bits per heavy atom. The summed E-state index contributed by atoms with van der Waals surface area (Å²) < 4.78 is 0. The first-order chi connectivity index (χ1) is 6.45. The van der Waals surface area contributed by atoms with Gasteiger partial charge in [-0.2, -0.15) is 0 Å². The Morgan fingerprint density at radius 1 is 0.600 bits per heavy atom. The Balaban J connectivity index is 0.000000980. The molecule has 0 bridgehead atoms. The van der Waals surface area contributed by atoms with Crippen LogP contribution in [0.2, 0.25) is 0 Å². The van der Waals surface area contributed by atoms with E-state index in [1.54, 1.807) is 0 Å². The molecule has 2 aromatic rings. The molecule has 15 heavy (non-hydrogen) atoms. The molecule has 0 saturated carbocycles. The van der Waals surface area contributed by atoms with Crippen molar-refractivity contribution >= 4 is 19.2 Å². The largest absolute Gasteiger partial charge is 1.00 e. The van der Waals surface area contributed by atoms with Gasteiger partial charge in [0.05, 0.1) is 0 Å². The summed E-state index contributed by atoms with van der Waals surface area (Å²) in [4.78, 5) is 0. The van der Waals surface area contributed by atoms with E-state index in [1.165, 1.54) is 10.6 Å². The second kappa shape index (κ2) is 7.72. The smallest absolute Gasteiger partial charge is 0.358 e. The number of hydrogen-bond donors (Lipinski definition) is 0. The van der Waals surface area contributed by atoms with Crippen molar-refractivity contribution < 1.29 is 18.9 Å². The van der Waals surface area contributed by atoms with E-state index < -0.39 is 0 Å². The third-order valence-electron chi connectivity index (χ3n) is 1.84. The van der Waals surface area contributed by atoms with Crippen LogP contribution in [0.4, 0.5) is 0 Å². The summed E-state index contributed by atoms with van der Waals surface area (Å²) in [5.41, 5.74) is 0. The van der Waals surface area contributed by atoms with Gasteiger partial charge in [-0.05, 0) is 10.6 Å². The predicted octanol–water partition coefficient (Wildman–Crippen LogP) is -0.230. The molecule has 0 heterocycles. The first-order valence-corrected chi connectivity index (χ1v) is 5.32. The van der Waals surface area contributed by atoms with Crippen molar-refractivity contribution in [1.29, 1.82) is 0 Å². The molecule has 0 radical (unpaired) electrons. The summed E-state index contributed by atoms with van der Waals surface area (Å²) in [5.74, 6) is 0. The summed E-state index contributed by atoms with van der Waals surface area (Å²) in [6.45, 7) is 0. The van der Waals surface area contributed by atoms with Gasteiger partial charge in [0.1, 0.15) is 0 Å². The fraction of sp³-hybridized carbons (Fsp3) is 0. The molecule has 0 aromatic heterocycles. The third kappa shape index (κ3) is 4.67. The van der Waals surface area contributed by atoms with Crippen molar-refractivity contribution in [3.05, 3.63) is 68.1 Å². The van der Waals surface area contributed by atoms with E-state index in [2.05, 4.69) is 60.7 Å². The molecule has 0 aliphatic carbocycles. The fourth-order valence-electron chi connectivity index (χ4n) is 1.21. The summed E-state index contributed by atoms with van der Waals surface area (Å²) in [5, 5.41) is 2.79. The molecule has 2 heteroatoms.